The molecule has 3 aromatic rings. The van der Waals surface area contributed by atoms with Gasteiger partial charge in [-0.05, 0) is 67.6 Å². The Morgan fingerprint density at radius 3 is 2.33 bits per heavy atom. The Labute approximate surface area is 238 Å². The van der Waals surface area contributed by atoms with Crippen molar-refractivity contribution >= 4 is 29.0 Å². The molecule has 7 nitrogen and oxygen atoms in total. The predicted octanol–water partition coefficient (Wildman–Crippen LogP) is 6.33. The lowest BCUT2D eigenvalue weighted by Crippen LogP contribution is -2.46. The van der Waals surface area contributed by atoms with Crippen molar-refractivity contribution in [1.82, 2.24) is 10.2 Å². The van der Waals surface area contributed by atoms with Gasteiger partial charge in [-0.15, -0.1) is 0 Å². The van der Waals surface area contributed by atoms with Crippen LogP contribution in [0.1, 0.15) is 59.2 Å². The number of urea groups is 1. The Balaban J connectivity index is 1.30. The van der Waals surface area contributed by atoms with Gasteiger partial charge in [0.25, 0.3) is 5.91 Å². The van der Waals surface area contributed by atoms with E-state index in [2.05, 4.69) is 50.0 Å². The molecule has 1 saturated heterocycles. The fourth-order valence-electron chi connectivity index (χ4n) is 5.74. The SMILES string of the molecule is Cc1cccc(NC(=O)Nc2ccc(N3CCN(Cc4ccccc4)CC3)c(C(=O)NC3CCCCC3)c2)c1C. The number of amides is 3. The van der Waals surface area contributed by atoms with Gasteiger partial charge in [0.05, 0.1) is 5.56 Å². The number of carbonyl (C=O) groups is 2. The third-order valence-electron chi connectivity index (χ3n) is 8.25. The second-order valence-electron chi connectivity index (χ2n) is 11.1. The highest BCUT2D eigenvalue weighted by Gasteiger charge is 2.24. The zero-order valence-corrected chi connectivity index (χ0v) is 23.7. The van der Waals surface area contributed by atoms with Crippen molar-refractivity contribution in [2.24, 2.45) is 0 Å². The van der Waals surface area contributed by atoms with Gasteiger partial charge in [-0.25, -0.2) is 4.79 Å². The second-order valence-corrected chi connectivity index (χ2v) is 11.1. The van der Waals surface area contributed by atoms with Crippen molar-refractivity contribution in [2.45, 2.75) is 58.5 Å². The van der Waals surface area contributed by atoms with Gasteiger partial charge in [0.1, 0.15) is 0 Å². The average molecular weight is 540 g/mol. The van der Waals surface area contributed by atoms with E-state index >= 15 is 0 Å². The molecule has 2 aliphatic rings. The predicted molar refractivity (Wildman–Crippen MR) is 163 cm³/mol. The first-order valence-corrected chi connectivity index (χ1v) is 14.6. The number of rotatable bonds is 7. The molecule has 7 heteroatoms. The van der Waals surface area contributed by atoms with Gasteiger partial charge in [0, 0.05) is 55.8 Å². The average Bonchev–Trinajstić information content (AvgIpc) is 2.97. The lowest BCUT2D eigenvalue weighted by atomic mass is 9.95. The minimum Gasteiger partial charge on any atom is -0.368 e. The molecular weight excluding hydrogens is 498 g/mol. The van der Waals surface area contributed by atoms with Crippen LogP contribution in [-0.2, 0) is 6.54 Å². The van der Waals surface area contributed by atoms with E-state index in [-0.39, 0.29) is 18.0 Å². The first-order valence-electron chi connectivity index (χ1n) is 14.6. The second kappa shape index (κ2) is 13.0. The smallest absolute Gasteiger partial charge is 0.323 e. The Hall–Kier alpha value is -3.84. The summed E-state index contributed by atoms with van der Waals surface area (Å²) in [5.74, 6) is -0.0628. The van der Waals surface area contributed by atoms with Crippen LogP contribution in [0.15, 0.2) is 66.7 Å². The van der Waals surface area contributed by atoms with Gasteiger partial charge in [-0.3, -0.25) is 9.69 Å². The number of aryl methyl sites for hydroxylation is 1. The molecule has 3 amide bonds. The lowest BCUT2D eigenvalue weighted by Gasteiger charge is -2.37. The molecule has 5 rings (SSSR count). The minimum absolute atomic E-state index is 0.0628. The van der Waals surface area contributed by atoms with E-state index in [9.17, 15) is 9.59 Å². The first kappa shape index (κ1) is 27.7. The molecule has 3 N–H and O–H groups in total. The zero-order valence-electron chi connectivity index (χ0n) is 23.7. The molecule has 0 bridgehead atoms. The molecule has 0 aromatic heterocycles. The highest BCUT2D eigenvalue weighted by Crippen LogP contribution is 2.28. The monoisotopic (exact) mass is 539 g/mol. The summed E-state index contributed by atoms with van der Waals surface area (Å²) in [6.45, 7) is 8.49. The fourth-order valence-corrected chi connectivity index (χ4v) is 5.74. The van der Waals surface area contributed by atoms with Crippen LogP contribution in [-0.4, -0.2) is 49.1 Å². The van der Waals surface area contributed by atoms with Crippen LogP contribution >= 0.6 is 0 Å². The third-order valence-corrected chi connectivity index (χ3v) is 8.25. The van der Waals surface area contributed by atoms with E-state index in [1.54, 1.807) is 0 Å². The van der Waals surface area contributed by atoms with Gasteiger partial charge in [-0.2, -0.15) is 0 Å². The number of nitrogens with one attached hydrogen (secondary N) is 3. The van der Waals surface area contributed by atoms with Gasteiger partial charge < -0.3 is 20.9 Å². The molecule has 1 heterocycles. The Kier molecular flexibility index (Phi) is 9.01. The fraction of sp³-hybridized carbons (Fsp3) is 0.394. The number of benzene rings is 3. The summed E-state index contributed by atoms with van der Waals surface area (Å²) in [4.78, 5) is 31.3. The first-order chi connectivity index (χ1) is 19.5. The maximum Gasteiger partial charge on any atom is 0.323 e. The van der Waals surface area contributed by atoms with Crippen molar-refractivity contribution < 1.29 is 9.59 Å². The van der Waals surface area contributed by atoms with Crippen LogP contribution in [0.5, 0.6) is 0 Å². The molecule has 1 saturated carbocycles. The normalized spacial score (nSPS) is 16.4. The summed E-state index contributed by atoms with van der Waals surface area (Å²) in [7, 11) is 0. The third kappa shape index (κ3) is 7.02. The van der Waals surface area contributed by atoms with Gasteiger partial charge >= 0.3 is 6.03 Å². The van der Waals surface area contributed by atoms with Crippen molar-refractivity contribution in [2.75, 3.05) is 41.7 Å². The summed E-state index contributed by atoms with van der Waals surface area (Å²) in [5, 5.41) is 9.18. The number of anilines is 3. The molecule has 0 spiro atoms. The van der Waals surface area contributed by atoms with Crippen LogP contribution in [0.25, 0.3) is 0 Å². The molecule has 0 radical (unpaired) electrons. The standard InChI is InChI=1S/C33H41N5O2/c1-24-10-9-15-30(25(24)2)36-33(40)35-28-16-17-31(29(22-28)32(39)34-27-13-7-4-8-14-27)38-20-18-37(19-21-38)23-26-11-5-3-6-12-26/h3,5-6,9-12,15-17,22,27H,4,7-8,13-14,18-21,23H2,1-2H3,(H,34,39)(H2,35,36,40). The van der Waals surface area contributed by atoms with E-state index in [4.69, 9.17) is 0 Å². The summed E-state index contributed by atoms with van der Waals surface area (Å²) in [6, 6.07) is 22.0. The maximum atomic E-state index is 13.6. The van der Waals surface area contributed by atoms with Crippen molar-refractivity contribution in [3.8, 4) is 0 Å². The zero-order chi connectivity index (χ0) is 27.9. The summed E-state index contributed by atoms with van der Waals surface area (Å²) in [6.07, 6.45) is 5.59. The lowest BCUT2D eigenvalue weighted by molar-refractivity contribution is 0.0928. The molecule has 2 fully saturated rings. The van der Waals surface area contributed by atoms with Crippen LogP contribution < -0.4 is 20.9 Å². The number of piperazine rings is 1. The van der Waals surface area contributed by atoms with Crippen molar-refractivity contribution in [1.29, 1.82) is 0 Å². The van der Waals surface area contributed by atoms with Crippen LogP contribution in [0, 0.1) is 13.8 Å². The number of carbonyl (C=O) groups excluding carboxylic acids is 2. The quantitative estimate of drug-likeness (QED) is 0.328. The largest absolute Gasteiger partial charge is 0.368 e. The summed E-state index contributed by atoms with van der Waals surface area (Å²) in [5.41, 5.74) is 6.39. The van der Waals surface area contributed by atoms with E-state index in [0.29, 0.717) is 11.3 Å². The topological polar surface area (TPSA) is 76.7 Å². The molecule has 210 valence electrons. The van der Waals surface area contributed by atoms with E-state index in [1.807, 2.05) is 56.3 Å². The van der Waals surface area contributed by atoms with Crippen LogP contribution in [0.2, 0.25) is 0 Å². The molecule has 1 aliphatic carbocycles. The summed E-state index contributed by atoms with van der Waals surface area (Å²) >= 11 is 0. The number of hydrogen-bond acceptors (Lipinski definition) is 4. The van der Waals surface area contributed by atoms with Gasteiger partial charge in [-0.1, -0.05) is 61.7 Å². The van der Waals surface area contributed by atoms with Gasteiger partial charge in [0.2, 0.25) is 0 Å². The summed E-state index contributed by atoms with van der Waals surface area (Å²) < 4.78 is 0. The molecule has 1 aliphatic heterocycles. The Morgan fingerprint density at radius 2 is 1.57 bits per heavy atom. The number of hydrogen-bond donors (Lipinski definition) is 3. The Bertz CT molecular complexity index is 1310. The molecule has 0 unspecified atom stereocenters. The highest BCUT2D eigenvalue weighted by atomic mass is 16.2. The van der Waals surface area contributed by atoms with Gasteiger partial charge in [0.15, 0.2) is 0 Å². The molecule has 3 aromatic carbocycles. The van der Waals surface area contributed by atoms with E-state index in [0.717, 1.165) is 80.9 Å². The number of nitrogens with zero attached hydrogens (tertiary/aromatic N) is 2. The van der Waals surface area contributed by atoms with E-state index in [1.165, 1.54) is 12.0 Å². The molecular formula is C33H41N5O2. The van der Waals surface area contributed by atoms with Crippen molar-refractivity contribution in [3.63, 3.8) is 0 Å². The van der Waals surface area contributed by atoms with Crippen LogP contribution in [0.3, 0.4) is 0 Å². The van der Waals surface area contributed by atoms with E-state index < -0.39 is 0 Å². The molecule has 40 heavy (non-hydrogen) atoms. The van der Waals surface area contributed by atoms with Crippen LogP contribution in [0.4, 0.5) is 21.9 Å². The Morgan fingerprint density at radius 1 is 0.825 bits per heavy atom. The maximum absolute atomic E-state index is 13.6. The highest BCUT2D eigenvalue weighted by molar-refractivity contribution is 6.04. The molecule has 0 atom stereocenters. The van der Waals surface area contributed by atoms with Crippen molar-refractivity contribution in [3.05, 3.63) is 89.0 Å². The minimum atomic E-state index is -0.324.